The van der Waals surface area contributed by atoms with Crippen molar-refractivity contribution < 1.29 is 22.7 Å². The third-order valence-corrected chi connectivity index (χ3v) is 5.82. The Morgan fingerprint density at radius 3 is 2.34 bits per heavy atom. The monoisotopic (exact) mass is 449 g/mol. The molecular formula is C22H26F3N5O2. The molecule has 2 fully saturated rings. The van der Waals surface area contributed by atoms with Crippen LogP contribution in [0.2, 0.25) is 0 Å². The van der Waals surface area contributed by atoms with Crippen LogP contribution in [0.15, 0.2) is 30.6 Å². The lowest BCUT2D eigenvalue weighted by Gasteiger charge is -2.25. The second-order valence-electron chi connectivity index (χ2n) is 9.44. The molecule has 0 spiro atoms. The van der Waals surface area contributed by atoms with Crippen LogP contribution in [0.1, 0.15) is 39.2 Å². The van der Waals surface area contributed by atoms with Crippen molar-refractivity contribution in [1.29, 1.82) is 0 Å². The van der Waals surface area contributed by atoms with Gasteiger partial charge in [0.2, 0.25) is 0 Å². The van der Waals surface area contributed by atoms with E-state index in [1.807, 2.05) is 20.8 Å². The molecule has 2 aromatic rings. The van der Waals surface area contributed by atoms with E-state index in [0.717, 1.165) is 31.3 Å². The molecule has 1 N–H and O–H groups in total. The highest BCUT2D eigenvalue weighted by Gasteiger charge is 2.43. The van der Waals surface area contributed by atoms with Gasteiger partial charge in [0.1, 0.15) is 11.4 Å². The standard InChI is InChI=1S/C22H26F3N5O2/c1-21(2,3)32-20(31)30-11-13-8-15(9-14(13)12-30)27-19-5-4-18(28-29-19)16-10-26-7-6-17(16)22(23,24)25/h4-7,10,13-15H,8-9,11-12H2,1-3H3,(H,27,29)/t13-,14?,15?/m1/s1. The van der Waals surface area contributed by atoms with Crippen molar-refractivity contribution in [3.63, 3.8) is 0 Å². The maximum atomic E-state index is 13.2. The summed E-state index contributed by atoms with van der Waals surface area (Å²) >= 11 is 0. The molecule has 172 valence electrons. The number of hydrogen-bond donors (Lipinski definition) is 1. The molecule has 1 saturated heterocycles. The zero-order chi connectivity index (χ0) is 23.1. The van der Waals surface area contributed by atoms with Gasteiger partial charge in [-0.05, 0) is 63.6 Å². The van der Waals surface area contributed by atoms with E-state index in [9.17, 15) is 18.0 Å². The zero-order valence-corrected chi connectivity index (χ0v) is 18.2. The van der Waals surface area contributed by atoms with Gasteiger partial charge in [-0.2, -0.15) is 13.2 Å². The largest absolute Gasteiger partial charge is 0.444 e. The van der Waals surface area contributed by atoms with Gasteiger partial charge in [-0.1, -0.05) is 0 Å². The fourth-order valence-corrected chi connectivity index (χ4v) is 4.50. The summed E-state index contributed by atoms with van der Waals surface area (Å²) in [6, 6.07) is 4.26. The summed E-state index contributed by atoms with van der Waals surface area (Å²) < 4.78 is 45.2. The first-order chi connectivity index (χ1) is 15.0. The fraction of sp³-hybridized carbons (Fsp3) is 0.545. The number of aromatic nitrogens is 3. The molecule has 4 rings (SSSR count). The number of fused-ring (bicyclic) bond motifs is 1. The number of pyridine rings is 1. The van der Waals surface area contributed by atoms with Crippen molar-refractivity contribution in [2.45, 2.75) is 51.4 Å². The smallest absolute Gasteiger partial charge is 0.417 e. The average molecular weight is 449 g/mol. The number of rotatable bonds is 3. The van der Waals surface area contributed by atoms with E-state index < -0.39 is 17.3 Å². The van der Waals surface area contributed by atoms with Gasteiger partial charge in [-0.3, -0.25) is 4.98 Å². The Labute approximate surface area is 184 Å². The first kappa shape index (κ1) is 22.3. The van der Waals surface area contributed by atoms with Crippen molar-refractivity contribution in [2.24, 2.45) is 11.8 Å². The predicted octanol–water partition coefficient (Wildman–Crippen LogP) is 4.61. The molecule has 3 heterocycles. The maximum absolute atomic E-state index is 13.2. The number of halogens is 3. The number of amides is 1. The van der Waals surface area contributed by atoms with E-state index in [1.54, 1.807) is 11.0 Å². The van der Waals surface area contributed by atoms with Gasteiger partial charge in [-0.15, -0.1) is 10.2 Å². The molecular weight excluding hydrogens is 423 g/mol. The second kappa shape index (κ2) is 8.22. The van der Waals surface area contributed by atoms with Crippen LogP contribution in [0.3, 0.4) is 0 Å². The molecule has 2 aromatic heterocycles. The third kappa shape index (κ3) is 4.94. The summed E-state index contributed by atoms with van der Waals surface area (Å²) in [6.07, 6.45) is -0.745. The van der Waals surface area contributed by atoms with Gasteiger partial charge >= 0.3 is 12.3 Å². The lowest BCUT2D eigenvalue weighted by Crippen LogP contribution is -2.36. The first-order valence-electron chi connectivity index (χ1n) is 10.6. The second-order valence-corrected chi connectivity index (χ2v) is 9.44. The molecule has 10 heteroatoms. The van der Waals surface area contributed by atoms with Crippen molar-refractivity contribution in [1.82, 2.24) is 20.1 Å². The van der Waals surface area contributed by atoms with E-state index in [4.69, 9.17) is 4.74 Å². The Bertz CT molecular complexity index is 961. The van der Waals surface area contributed by atoms with Gasteiger partial charge in [0.25, 0.3) is 0 Å². The fourth-order valence-electron chi connectivity index (χ4n) is 4.50. The van der Waals surface area contributed by atoms with Crippen LogP contribution >= 0.6 is 0 Å². The van der Waals surface area contributed by atoms with Crippen molar-refractivity contribution >= 4 is 11.9 Å². The summed E-state index contributed by atoms with van der Waals surface area (Å²) in [5, 5.41) is 11.4. The number of nitrogens with zero attached hydrogens (tertiary/aromatic N) is 4. The number of carbonyl (C=O) groups is 1. The topological polar surface area (TPSA) is 80.2 Å². The van der Waals surface area contributed by atoms with E-state index in [1.165, 1.54) is 6.07 Å². The Balaban J connectivity index is 1.35. The molecule has 2 aliphatic rings. The highest BCUT2D eigenvalue weighted by molar-refractivity contribution is 5.68. The highest BCUT2D eigenvalue weighted by atomic mass is 19.4. The summed E-state index contributed by atoms with van der Waals surface area (Å²) in [5.74, 6) is 1.29. The number of alkyl halides is 3. The van der Waals surface area contributed by atoms with Gasteiger partial charge < -0.3 is 15.0 Å². The van der Waals surface area contributed by atoms with Gasteiger partial charge in [0.15, 0.2) is 0 Å². The number of likely N-dealkylation sites (tertiary alicyclic amines) is 1. The Morgan fingerprint density at radius 2 is 1.78 bits per heavy atom. The highest BCUT2D eigenvalue weighted by Crippen LogP contribution is 2.40. The minimum absolute atomic E-state index is 0.100. The number of carbonyl (C=O) groups excluding carboxylic acids is 1. The molecule has 0 radical (unpaired) electrons. The summed E-state index contributed by atoms with van der Waals surface area (Å²) in [5.41, 5.74) is -1.29. The van der Waals surface area contributed by atoms with Crippen LogP contribution in [-0.4, -0.2) is 50.9 Å². The van der Waals surface area contributed by atoms with Crippen molar-refractivity contribution in [3.05, 3.63) is 36.2 Å². The quantitative estimate of drug-likeness (QED) is 0.737. The Kier molecular flexibility index (Phi) is 5.72. The molecule has 1 saturated carbocycles. The number of anilines is 1. The molecule has 1 aliphatic heterocycles. The third-order valence-electron chi connectivity index (χ3n) is 5.82. The number of hydrogen-bond acceptors (Lipinski definition) is 6. The molecule has 7 nitrogen and oxygen atoms in total. The molecule has 3 atom stereocenters. The summed E-state index contributed by atoms with van der Waals surface area (Å²) in [6.45, 7) is 6.90. The van der Waals surface area contributed by atoms with Crippen LogP contribution < -0.4 is 5.32 Å². The normalized spacial score (nSPS) is 23.2. The van der Waals surface area contributed by atoms with Gasteiger partial charge in [-0.25, -0.2) is 4.79 Å². The average Bonchev–Trinajstić information content (AvgIpc) is 3.25. The molecule has 0 aromatic carbocycles. The number of ether oxygens (including phenoxy) is 1. The van der Waals surface area contributed by atoms with Crippen LogP contribution in [0.4, 0.5) is 23.8 Å². The van der Waals surface area contributed by atoms with Gasteiger partial charge in [0.05, 0.1) is 11.3 Å². The lowest BCUT2D eigenvalue weighted by molar-refractivity contribution is -0.137. The molecule has 1 aliphatic carbocycles. The van der Waals surface area contributed by atoms with E-state index in [0.29, 0.717) is 30.7 Å². The zero-order valence-electron chi connectivity index (χ0n) is 18.2. The van der Waals surface area contributed by atoms with Crippen molar-refractivity contribution in [2.75, 3.05) is 18.4 Å². The van der Waals surface area contributed by atoms with Crippen LogP contribution in [0.25, 0.3) is 11.3 Å². The first-order valence-corrected chi connectivity index (χ1v) is 10.6. The molecule has 32 heavy (non-hydrogen) atoms. The van der Waals surface area contributed by atoms with E-state index >= 15 is 0 Å². The maximum Gasteiger partial charge on any atom is 0.417 e. The minimum atomic E-state index is -4.49. The summed E-state index contributed by atoms with van der Waals surface area (Å²) in [7, 11) is 0. The molecule has 0 bridgehead atoms. The van der Waals surface area contributed by atoms with E-state index in [-0.39, 0.29) is 23.4 Å². The van der Waals surface area contributed by atoms with Crippen LogP contribution in [-0.2, 0) is 10.9 Å². The van der Waals surface area contributed by atoms with Crippen LogP contribution in [0.5, 0.6) is 0 Å². The Morgan fingerprint density at radius 1 is 1.09 bits per heavy atom. The lowest BCUT2D eigenvalue weighted by atomic mass is 10.0. The summed E-state index contributed by atoms with van der Waals surface area (Å²) in [4.78, 5) is 17.9. The van der Waals surface area contributed by atoms with Gasteiger partial charge in [0, 0.05) is 37.1 Å². The SMILES string of the molecule is CC(C)(C)OC(=O)N1CC2CC(Nc3ccc(-c4cnccc4C(F)(F)F)nn3)C[C@@H]2C1. The Hall–Kier alpha value is -2.91. The molecule has 1 amide bonds. The van der Waals surface area contributed by atoms with E-state index in [2.05, 4.69) is 20.5 Å². The minimum Gasteiger partial charge on any atom is -0.444 e. The molecule has 2 unspecified atom stereocenters. The number of nitrogens with one attached hydrogen (secondary N) is 1. The van der Waals surface area contributed by atoms with Crippen molar-refractivity contribution in [3.8, 4) is 11.3 Å². The predicted molar refractivity (Wildman–Crippen MR) is 112 cm³/mol. The van der Waals surface area contributed by atoms with Crippen LogP contribution in [0, 0.1) is 11.8 Å².